The van der Waals surface area contributed by atoms with Crippen molar-refractivity contribution in [3.8, 4) is 0 Å². The van der Waals surface area contributed by atoms with Crippen LogP contribution in [-0.2, 0) is 0 Å². The third-order valence-electron chi connectivity index (χ3n) is 3.33. The molecule has 0 rings (SSSR count). The lowest BCUT2D eigenvalue weighted by Gasteiger charge is -2.33. The average molecular weight is 245 g/mol. The summed E-state index contributed by atoms with van der Waals surface area (Å²) < 4.78 is 0. The summed E-state index contributed by atoms with van der Waals surface area (Å²) in [5, 5.41) is 9.85. The molecule has 0 saturated heterocycles. The highest BCUT2D eigenvalue weighted by Gasteiger charge is 2.29. The van der Waals surface area contributed by atoms with E-state index >= 15 is 0 Å². The largest absolute Gasteiger partial charge is 0.392 e. The van der Waals surface area contributed by atoms with Crippen molar-refractivity contribution in [2.75, 3.05) is 41.3 Å². The number of nitrogens with two attached hydrogens (primary N) is 1. The summed E-state index contributed by atoms with van der Waals surface area (Å²) >= 11 is 0. The molecule has 0 saturated carbocycles. The predicted molar refractivity (Wildman–Crippen MR) is 74.2 cm³/mol. The number of aliphatic hydroxyl groups is 1. The van der Waals surface area contributed by atoms with Gasteiger partial charge in [-0.05, 0) is 73.9 Å². The van der Waals surface area contributed by atoms with Crippen molar-refractivity contribution in [3.05, 3.63) is 0 Å². The fourth-order valence-corrected chi connectivity index (χ4v) is 1.99. The lowest BCUT2D eigenvalue weighted by Crippen LogP contribution is -2.50. The third-order valence-corrected chi connectivity index (χ3v) is 3.33. The van der Waals surface area contributed by atoms with Crippen molar-refractivity contribution in [2.24, 2.45) is 5.73 Å². The zero-order valence-electron chi connectivity index (χ0n) is 12.2. The molecule has 0 bridgehead atoms. The van der Waals surface area contributed by atoms with Crippen LogP contribution in [0.25, 0.3) is 0 Å². The van der Waals surface area contributed by atoms with Gasteiger partial charge in [0.05, 0.1) is 6.10 Å². The Kier molecular flexibility index (Phi) is 7.96. The van der Waals surface area contributed by atoms with Gasteiger partial charge in [-0.1, -0.05) is 0 Å². The SMILES string of the molecule is CC(O)C(N)(CCCN(C)C)CCCN(C)C. The van der Waals surface area contributed by atoms with Crippen molar-refractivity contribution in [1.29, 1.82) is 0 Å². The van der Waals surface area contributed by atoms with Crippen LogP contribution in [-0.4, -0.2) is 67.8 Å². The van der Waals surface area contributed by atoms with E-state index in [9.17, 15) is 5.11 Å². The topological polar surface area (TPSA) is 52.7 Å². The Labute approximate surface area is 107 Å². The summed E-state index contributed by atoms with van der Waals surface area (Å²) in [6.45, 7) is 3.87. The number of hydrogen-bond acceptors (Lipinski definition) is 4. The molecule has 0 heterocycles. The molecule has 0 aliphatic carbocycles. The molecule has 0 aromatic heterocycles. The molecule has 0 aromatic rings. The van der Waals surface area contributed by atoms with Gasteiger partial charge in [-0.2, -0.15) is 0 Å². The van der Waals surface area contributed by atoms with Crippen LogP contribution >= 0.6 is 0 Å². The van der Waals surface area contributed by atoms with Gasteiger partial charge in [-0.25, -0.2) is 0 Å². The quantitative estimate of drug-likeness (QED) is 0.629. The fraction of sp³-hybridized carbons (Fsp3) is 1.00. The molecule has 4 heteroatoms. The molecule has 0 spiro atoms. The number of rotatable bonds is 9. The first kappa shape index (κ1) is 16.8. The Bertz CT molecular complexity index is 179. The first-order chi connectivity index (χ1) is 7.78. The predicted octanol–water partition coefficient (Wildman–Crippen LogP) is 0.748. The zero-order chi connectivity index (χ0) is 13.5. The molecule has 3 N–H and O–H groups in total. The highest BCUT2D eigenvalue weighted by Crippen LogP contribution is 2.21. The standard InChI is InChI=1S/C13H31N3O/c1-12(17)13(14,8-6-10-15(2)3)9-7-11-16(4)5/h12,17H,6-11,14H2,1-5H3. The van der Waals surface area contributed by atoms with Crippen LogP contribution in [0.1, 0.15) is 32.6 Å². The minimum Gasteiger partial charge on any atom is -0.392 e. The van der Waals surface area contributed by atoms with Crippen molar-refractivity contribution in [2.45, 2.75) is 44.2 Å². The molecule has 0 aromatic carbocycles. The van der Waals surface area contributed by atoms with E-state index in [-0.39, 0.29) is 0 Å². The number of hydrogen-bond donors (Lipinski definition) is 2. The second kappa shape index (κ2) is 8.03. The zero-order valence-corrected chi connectivity index (χ0v) is 12.2. The van der Waals surface area contributed by atoms with Crippen molar-refractivity contribution in [1.82, 2.24) is 9.80 Å². The van der Waals surface area contributed by atoms with Crippen LogP contribution in [0.5, 0.6) is 0 Å². The Morgan fingerprint density at radius 2 is 1.35 bits per heavy atom. The van der Waals surface area contributed by atoms with Gasteiger partial charge in [-0.3, -0.25) is 0 Å². The molecule has 0 aliphatic rings. The van der Waals surface area contributed by atoms with E-state index in [2.05, 4.69) is 38.0 Å². The van der Waals surface area contributed by atoms with E-state index in [1.54, 1.807) is 0 Å². The molecular formula is C13H31N3O. The van der Waals surface area contributed by atoms with Gasteiger partial charge in [0.25, 0.3) is 0 Å². The molecule has 0 fully saturated rings. The molecule has 0 radical (unpaired) electrons. The molecule has 17 heavy (non-hydrogen) atoms. The number of nitrogens with zero attached hydrogens (tertiary/aromatic N) is 2. The maximum Gasteiger partial charge on any atom is 0.0691 e. The summed E-state index contributed by atoms with van der Waals surface area (Å²) in [4.78, 5) is 4.31. The van der Waals surface area contributed by atoms with Gasteiger partial charge < -0.3 is 20.6 Å². The van der Waals surface area contributed by atoms with Crippen LogP contribution in [0.3, 0.4) is 0 Å². The first-order valence-electron chi connectivity index (χ1n) is 6.54. The van der Waals surface area contributed by atoms with E-state index in [0.717, 1.165) is 38.8 Å². The van der Waals surface area contributed by atoms with Crippen LogP contribution in [0.2, 0.25) is 0 Å². The smallest absolute Gasteiger partial charge is 0.0691 e. The fourth-order valence-electron chi connectivity index (χ4n) is 1.99. The summed E-state index contributed by atoms with van der Waals surface area (Å²) in [6.07, 6.45) is 3.41. The van der Waals surface area contributed by atoms with E-state index in [4.69, 9.17) is 5.73 Å². The normalized spacial score (nSPS) is 14.6. The summed E-state index contributed by atoms with van der Waals surface area (Å²) in [7, 11) is 8.25. The summed E-state index contributed by atoms with van der Waals surface area (Å²) in [5.74, 6) is 0. The molecule has 0 aliphatic heterocycles. The lowest BCUT2D eigenvalue weighted by atomic mass is 9.84. The van der Waals surface area contributed by atoms with Gasteiger partial charge in [0.1, 0.15) is 0 Å². The molecule has 0 amide bonds. The van der Waals surface area contributed by atoms with Crippen LogP contribution in [0, 0.1) is 0 Å². The Hall–Kier alpha value is -0.160. The maximum absolute atomic E-state index is 9.85. The minimum atomic E-state index is -0.438. The highest BCUT2D eigenvalue weighted by atomic mass is 16.3. The molecule has 1 atom stereocenters. The van der Waals surface area contributed by atoms with Gasteiger partial charge in [0.2, 0.25) is 0 Å². The van der Waals surface area contributed by atoms with Crippen LogP contribution in [0.4, 0.5) is 0 Å². The molecule has 104 valence electrons. The monoisotopic (exact) mass is 245 g/mol. The van der Waals surface area contributed by atoms with E-state index in [1.165, 1.54) is 0 Å². The first-order valence-corrected chi connectivity index (χ1v) is 6.54. The lowest BCUT2D eigenvalue weighted by molar-refractivity contribution is 0.0823. The maximum atomic E-state index is 9.85. The second-order valence-corrected chi connectivity index (χ2v) is 5.72. The second-order valence-electron chi connectivity index (χ2n) is 5.72. The van der Waals surface area contributed by atoms with Crippen molar-refractivity contribution in [3.63, 3.8) is 0 Å². The van der Waals surface area contributed by atoms with Crippen LogP contribution < -0.4 is 5.73 Å². The van der Waals surface area contributed by atoms with Gasteiger partial charge in [0, 0.05) is 5.54 Å². The Balaban J connectivity index is 4.07. The average Bonchev–Trinajstić information content (AvgIpc) is 2.16. The Morgan fingerprint density at radius 3 is 1.59 bits per heavy atom. The molecule has 1 unspecified atom stereocenters. The Morgan fingerprint density at radius 1 is 1.00 bits per heavy atom. The van der Waals surface area contributed by atoms with E-state index in [1.807, 2.05) is 6.92 Å². The molecule has 4 nitrogen and oxygen atoms in total. The van der Waals surface area contributed by atoms with Gasteiger partial charge in [-0.15, -0.1) is 0 Å². The highest BCUT2D eigenvalue weighted by molar-refractivity contribution is 4.89. The van der Waals surface area contributed by atoms with Gasteiger partial charge in [0.15, 0.2) is 0 Å². The summed E-state index contributed by atoms with van der Waals surface area (Å²) in [5.41, 5.74) is 5.90. The number of aliphatic hydroxyl groups excluding tert-OH is 1. The third kappa shape index (κ3) is 7.71. The molecular weight excluding hydrogens is 214 g/mol. The van der Waals surface area contributed by atoms with E-state index < -0.39 is 11.6 Å². The minimum absolute atomic E-state index is 0.425. The van der Waals surface area contributed by atoms with Crippen molar-refractivity contribution < 1.29 is 5.11 Å². The van der Waals surface area contributed by atoms with E-state index in [0.29, 0.717) is 0 Å². The van der Waals surface area contributed by atoms with Crippen molar-refractivity contribution >= 4 is 0 Å². The summed E-state index contributed by atoms with van der Waals surface area (Å²) in [6, 6.07) is 0. The van der Waals surface area contributed by atoms with Gasteiger partial charge >= 0.3 is 0 Å². The van der Waals surface area contributed by atoms with Crippen LogP contribution in [0.15, 0.2) is 0 Å².